The summed E-state index contributed by atoms with van der Waals surface area (Å²) in [5.74, 6) is -1.33. The lowest BCUT2D eigenvalue weighted by atomic mass is 10.1. The number of hydrogen-bond acceptors (Lipinski definition) is 5. The molecule has 0 atom stereocenters. The Labute approximate surface area is 142 Å². The van der Waals surface area contributed by atoms with E-state index in [-0.39, 0.29) is 11.3 Å². The van der Waals surface area contributed by atoms with Gasteiger partial charge >= 0.3 is 0 Å². The Bertz CT molecular complexity index is 1130. The first-order chi connectivity index (χ1) is 12.1. The van der Waals surface area contributed by atoms with Gasteiger partial charge in [-0.1, -0.05) is 12.1 Å². The van der Waals surface area contributed by atoms with Crippen LogP contribution in [0.4, 0.5) is 5.69 Å². The smallest absolute Gasteiger partial charge is 0.259 e. The minimum absolute atomic E-state index is 0.0108. The van der Waals surface area contributed by atoms with Crippen molar-refractivity contribution in [1.82, 2.24) is 9.97 Å². The van der Waals surface area contributed by atoms with Crippen LogP contribution in [0.25, 0.3) is 21.8 Å². The van der Waals surface area contributed by atoms with Crippen molar-refractivity contribution in [3.8, 4) is 11.5 Å². The van der Waals surface area contributed by atoms with Crippen molar-refractivity contribution in [2.45, 2.75) is 0 Å². The number of para-hydroxylation sites is 1. The number of fused-ring (bicyclic) bond motifs is 3. The molecule has 2 aromatic carbocycles. The van der Waals surface area contributed by atoms with Crippen LogP contribution in [0.5, 0.6) is 11.5 Å². The van der Waals surface area contributed by atoms with Crippen molar-refractivity contribution in [2.24, 2.45) is 0 Å². The minimum Gasteiger partial charge on any atom is -0.504 e. The van der Waals surface area contributed by atoms with Crippen LogP contribution in [0.2, 0.25) is 0 Å². The number of anilines is 1. The van der Waals surface area contributed by atoms with Gasteiger partial charge in [0.05, 0.1) is 22.3 Å². The van der Waals surface area contributed by atoms with Crippen LogP contribution in [0, 0.1) is 0 Å². The molecule has 0 saturated carbocycles. The molecule has 6 nitrogen and oxygen atoms in total. The van der Waals surface area contributed by atoms with Crippen molar-refractivity contribution < 1.29 is 15.0 Å². The van der Waals surface area contributed by atoms with Gasteiger partial charge in [-0.25, -0.2) is 0 Å². The second-order valence-electron chi connectivity index (χ2n) is 5.53. The van der Waals surface area contributed by atoms with Crippen molar-refractivity contribution in [1.29, 1.82) is 0 Å². The number of phenolic OH excluding ortho intramolecular Hbond substituents is 2. The first-order valence-electron chi connectivity index (χ1n) is 7.60. The lowest BCUT2D eigenvalue weighted by molar-refractivity contribution is 0.102. The highest BCUT2D eigenvalue weighted by Gasteiger charge is 2.16. The summed E-state index contributed by atoms with van der Waals surface area (Å²) in [5, 5.41) is 23.8. The van der Waals surface area contributed by atoms with Crippen LogP contribution in [-0.2, 0) is 0 Å². The number of nitrogens with zero attached hydrogens (tertiary/aromatic N) is 2. The normalized spacial score (nSPS) is 10.9. The highest BCUT2D eigenvalue weighted by molar-refractivity contribution is 6.15. The van der Waals surface area contributed by atoms with Crippen molar-refractivity contribution in [3.05, 3.63) is 66.5 Å². The quantitative estimate of drug-likeness (QED) is 0.386. The Morgan fingerprint density at radius 2 is 1.68 bits per heavy atom. The summed E-state index contributed by atoms with van der Waals surface area (Å²) in [5.41, 5.74) is 1.96. The van der Waals surface area contributed by atoms with E-state index in [1.165, 1.54) is 18.2 Å². The number of rotatable bonds is 2. The van der Waals surface area contributed by atoms with Gasteiger partial charge < -0.3 is 15.5 Å². The average molecular weight is 331 g/mol. The number of phenols is 2. The van der Waals surface area contributed by atoms with Gasteiger partial charge in [-0.3, -0.25) is 14.8 Å². The average Bonchev–Trinajstić information content (AvgIpc) is 2.64. The molecule has 0 aliphatic rings. The van der Waals surface area contributed by atoms with Crippen LogP contribution in [-0.4, -0.2) is 26.1 Å². The first-order valence-corrected chi connectivity index (χ1v) is 7.60. The largest absolute Gasteiger partial charge is 0.504 e. The summed E-state index contributed by atoms with van der Waals surface area (Å²) in [6.07, 6.45) is 3.36. The third-order valence-corrected chi connectivity index (χ3v) is 3.97. The van der Waals surface area contributed by atoms with E-state index in [9.17, 15) is 15.0 Å². The van der Waals surface area contributed by atoms with Gasteiger partial charge in [-0.2, -0.15) is 0 Å². The van der Waals surface area contributed by atoms with Crippen molar-refractivity contribution >= 4 is 33.4 Å². The molecule has 0 radical (unpaired) electrons. The van der Waals surface area contributed by atoms with E-state index in [1.54, 1.807) is 18.5 Å². The molecule has 0 aliphatic heterocycles. The Hall–Kier alpha value is -3.67. The Morgan fingerprint density at radius 3 is 2.52 bits per heavy atom. The number of benzene rings is 2. The Kier molecular flexibility index (Phi) is 3.43. The molecule has 0 saturated heterocycles. The van der Waals surface area contributed by atoms with E-state index in [0.717, 1.165) is 16.3 Å². The number of pyridine rings is 2. The summed E-state index contributed by atoms with van der Waals surface area (Å²) < 4.78 is 0. The summed E-state index contributed by atoms with van der Waals surface area (Å²) >= 11 is 0. The van der Waals surface area contributed by atoms with Gasteiger partial charge in [0.2, 0.25) is 0 Å². The molecule has 2 heterocycles. The zero-order valence-electron chi connectivity index (χ0n) is 13.0. The zero-order valence-corrected chi connectivity index (χ0v) is 13.0. The molecule has 0 aliphatic carbocycles. The molecule has 122 valence electrons. The van der Waals surface area contributed by atoms with Gasteiger partial charge in [0.1, 0.15) is 0 Å². The Balaban J connectivity index is 1.86. The number of amides is 1. The third-order valence-electron chi connectivity index (χ3n) is 3.97. The number of carbonyl (C=O) groups excluding carboxylic acids is 1. The number of aromatic nitrogens is 2. The maximum absolute atomic E-state index is 12.5. The van der Waals surface area contributed by atoms with E-state index in [0.29, 0.717) is 11.2 Å². The molecule has 0 spiro atoms. The van der Waals surface area contributed by atoms with Gasteiger partial charge in [0.15, 0.2) is 11.5 Å². The predicted octanol–water partition coefficient (Wildman–Crippen LogP) is 3.45. The van der Waals surface area contributed by atoms with Crippen LogP contribution >= 0.6 is 0 Å². The SMILES string of the molecule is O=C(Nc1cc2cccnc2c2ncccc12)c1cccc(O)c1O. The zero-order chi connectivity index (χ0) is 17.4. The fourth-order valence-corrected chi connectivity index (χ4v) is 2.78. The highest BCUT2D eigenvalue weighted by atomic mass is 16.3. The molecule has 25 heavy (non-hydrogen) atoms. The maximum Gasteiger partial charge on any atom is 0.259 e. The molecule has 0 unspecified atom stereocenters. The van der Waals surface area contributed by atoms with E-state index < -0.39 is 11.7 Å². The fraction of sp³-hybridized carbons (Fsp3) is 0. The second kappa shape index (κ2) is 5.76. The van der Waals surface area contributed by atoms with Crippen molar-refractivity contribution in [3.63, 3.8) is 0 Å². The fourth-order valence-electron chi connectivity index (χ4n) is 2.78. The standard InChI is InChI=1S/C19H13N3O3/c23-15-7-1-5-13(18(15)24)19(25)22-14-10-11-4-2-8-20-16(11)17-12(14)6-3-9-21-17/h1-10,23-24H,(H,22,25). The predicted molar refractivity (Wildman–Crippen MR) is 94.8 cm³/mol. The lowest BCUT2D eigenvalue weighted by Crippen LogP contribution is -2.12. The van der Waals surface area contributed by atoms with E-state index >= 15 is 0 Å². The highest BCUT2D eigenvalue weighted by Crippen LogP contribution is 2.32. The van der Waals surface area contributed by atoms with Crippen LogP contribution in [0.15, 0.2) is 60.9 Å². The van der Waals surface area contributed by atoms with Gasteiger partial charge in [-0.05, 0) is 36.4 Å². The van der Waals surface area contributed by atoms with Gasteiger partial charge in [0, 0.05) is 23.2 Å². The maximum atomic E-state index is 12.5. The molecule has 2 aromatic heterocycles. The second-order valence-corrected chi connectivity index (χ2v) is 5.53. The number of nitrogens with one attached hydrogen (secondary N) is 1. The summed E-state index contributed by atoms with van der Waals surface area (Å²) in [7, 11) is 0. The molecule has 3 N–H and O–H groups in total. The molecule has 0 fully saturated rings. The van der Waals surface area contributed by atoms with Crippen molar-refractivity contribution in [2.75, 3.05) is 5.32 Å². The summed E-state index contributed by atoms with van der Waals surface area (Å²) in [4.78, 5) is 21.3. The molecule has 1 amide bonds. The molecule has 4 aromatic rings. The first kappa shape index (κ1) is 14.9. The van der Waals surface area contributed by atoms with E-state index in [1.807, 2.05) is 24.3 Å². The number of carbonyl (C=O) groups is 1. The number of aromatic hydroxyl groups is 2. The topological polar surface area (TPSA) is 95.3 Å². The van der Waals surface area contributed by atoms with Gasteiger partial charge in [-0.15, -0.1) is 0 Å². The summed E-state index contributed by atoms with van der Waals surface area (Å²) in [6.45, 7) is 0. The Morgan fingerprint density at radius 1 is 0.920 bits per heavy atom. The monoisotopic (exact) mass is 331 g/mol. The minimum atomic E-state index is -0.526. The number of hydrogen-bond donors (Lipinski definition) is 3. The van der Waals surface area contributed by atoms with Crippen LogP contribution in [0.3, 0.4) is 0 Å². The van der Waals surface area contributed by atoms with Crippen LogP contribution in [0.1, 0.15) is 10.4 Å². The summed E-state index contributed by atoms with van der Waals surface area (Å²) in [6, 6.07) is 13.4. The van der Waals surface area contributed by atoms with E-state index in [4.69, 9.17) is 0 Å². The van der Waals surface area contributed by atoms with Gasteiger partial charge in [0.25, 0.3) is 5.91 Å². The third kappa shape index (κ3) is 2.49. The lowest BCUT2D eigenvalue weighted by Gasteiger charge is -2.11. The van der Waals surface area contributed by atoms with E-state index in [2.05, 4.69) is 15.3 Å². The molecule has 4 rings (SSSR count). The molecular formula is C19H13N3O3. The molecule has 0 bridgehead atoms. The van der Waals surface area contributed by atoms with Crippen LogP contribution < -0.4 is 5.32 Å². The molecular weight excluding hydrogens is 318 g/mol. The molecule has 6 heteroatoms.